The van der Waals surface area contributed by atoms with Gasteiger partial charge in [-0.2, -0.15) is 5.26 Å². The van der Waals surface area contributed by atoms with E-state index >= 15 is 0 Å². The Bertz CT molecular complexity index is 968. The van der Waals surface area contributed by atoms with Gasteiger partial charge < -0.3 is 20.3 Å². The zero-order valence-corrected chi connectivity index (χ0v) is 17.1. The van der Waals surface area contributed by atoms with E-state index in [-0.39, 0.29) is 17.5 Å². The van der Waals surface area contributed by atoms with Crippen molar-refractivity contribution in [2.75, 3.05) is 43.4 Å². The second kappa shape index (κ2) is 10.4. The van der Waals surface area contributed by atoms with Crippen molar-refractivity contribution in [2.24, 2.45) is 0 Å². The smallest absolute Gasteiger partial charge is 0.409 e. The normalized spacial score (nSPS) is 13.9. The van der Waals surface area contributed by atoms with Gasteiger partial charge in [0.1, 0.15) is 11.8 Å². The SMILES string of the molecule is CCOC(=O)N1CCN(Cc2cccc(NC(=O)Nc3ccc(C#N)nc3)c2F)CC1. The molecule has 3 amide bonds. The number of hydrogen-bond donors (Lipinski definition) is 2. The number of pyridine rings is 1. The molecule has 10 heteroatoms. The molecule has 1 saturated heterocycles. The molecule has 1 aliphatic rings. The zero-order chi connectivity index (χ0) is 22.2. The van der Waals surface area contributed by atoms with E-state index in [0.29, 0.717) is 50.6 Å². The van der Waals surface area contributed by atoms with Gasteiger partial charge >= 0.3 is 12.1 Å². The van der Waals surface area contributed by atoms with Crippen LogP contribution in [0.2, 0.25) is 0 Å². The number of aromatic nitrogens is 1. The number of rotatable bonds is 5. The van der Waals surface area contributed by atoms with Gasteiger partial charge in [-0.3, -0.25) is 4.90 Å². The lowest BCUT2D eigenvalue weighted by Crippen LogP contribution is -2.48. The molecule has 0 bridgehead atoms. The monoisotopic (exact) mass is 426 g/mol. The lowest BCUT2D eigenvalue weighted by Gasteiger charge is -2.34. The van der Waals surface area contributed by atoms with Crippen LogP contribution in [0.3, 0.4) is 0 Å². The van der Waals surface area contributed by atoms with Crippen molar-refractivity contribution in [3.05, 3.63) is 53.6 Å². The number of halogens is 1. The average molecular weight is 426 g/mol. The number of hydrogen-bond acceptors (Lipinski definition) is 6. The Morgan fingerprint density at radius 2 is 1.97 bits per heavy atom. The molecule has 1 aromatic carbocycles. The maximum atomic E-state index is 14.9. The molecule has 2 aromatic rings. The maximum Gasteiger partial charge on any atom is 0.409 e. The summed E-state index contributed by atoms with van der Waals surface area (Å²) < 4.78 is 19.9. The van der Waals surface area contributed by atoms with Gasteiger partial charge in [0.05, 0.1) is 24.2 Å². The molecule has 0 saturated carbocycles. The Balaban J connectivity index is 1.56. The van der Waals surface area contributed by atoms with E-state index in [9.17, 15) is 14.0 Å². The third-order valence-corrected chi connectivity index (χ3v) is 4.76. The fraction of sp³-hybridized carbons (Fsp3) is 0.333. The number of nitriles is 1. The predicted molar refractivity (Wildman–Crippen MR) is 112 cm³/mol. The molecule has 2 heterocycles. The summed E-state index contributed by atoms with van der Waals surface area (Å²) in [6.07, 6.45) is 1.02. The van der Waals surface area contributed by atoms with Gasteiger partial charge in [-0.1, -0.05) is 12.1 Å². The third-order valence-electron chi connectivity index (χ3n) is 4.76. The van der Waals surface area contributed by atoms with E-state index in [1.165, 1.54) is 24.4 Å². The maximum absolute atomic E-state index is 14.9. The van der Waals surface area contributed by atoms with Crippen LogP contribution in [0.1, 0.15) is 18.2 Å². The van der Waals surface area contributed by atoms with Crippen LogP contribution in [0.25, 0.3) is 0 Å². The predicted octanol–water partition coefficient (Wildman–Crippen LogP) is 3.01. The summed E-state index contributed by atoms with van der Waals surface area (Å²) in [5.41, 5.74) is 1.12. The Hall–Kier alpha value is -3.71. The molecule has 1 aromatic heterocycles. The van der Waals surface area contributed by atoms with Gasteiger partial charge in [0.2, 0.25) is 0 Å². The highest BCUT2D eigenvalue weighted by Crippen LogP contribution is 2.21. The van der Waals surface area contributed by atoms with Crippen molar-refractivity contribution in [3.63, 3.8) is 0 Å². The van der Waals surface area contributed by atoms with Crippen molar-refractivity contribution in [2.45, 2.75) is 13.5 Å². The highest BCUT2D eigenvalue weighted by molar-refractivity contribution is 5.99. The number of benzene rings is 1. The number of ether oxygens (including phenoxy) is 1. The largest absolute Gasteiger partial charge is 0.450 e. The van der Waals surface area contributed by atoms with E-state index in [2.05, 4.69) is 15.6 Å². The highest BCUT2D eigenvalue weighted by Gasteiger charge is 2.23. The molecule has 162 valence electrons. The van der Waals surface area contributed by atoms with Crippen molar-refractivity contribution >= 4 is 23.5 Å². The lowest BCUT2D eigenvalue weighted by molar-refractivity contribution is 0.0775. The van der Waals surface area contributed by atoms with Crippen LogP contribution < -0.4 is 10.6 Å². The van der Waals surface area contributed by atoms with Crippen molar-refractivity contribution in [1.82, 2.24) is 14.8 Å². The Morgan fingerprint density at radius 1 is 1.19 bits per heavy atom. The topological polar surface area (TPSA) is 111 Å². The van der Waals surface area contributed by atoms with E-state index in [1.54, 1.807) is 24.0 Å². The van der Waals surface area contributed by atoms with Crippen LogP contribution in [0.15, 0.2) is 36.5 Å². The first-order chi connectivity index (χ1) is 15.0. The van der Waals surface area contributed by atoms with E-state index in [0.717, 1.165) is 0 Å². The second-order valence-corrected chi connectivity index (χ2v) is 6.86. The van der Waals surface area contributed by atoms with Gasteiger partial charge in [-0.15, -0.1) is 0 Å². The summed E-state index contributed by atoms with van der Waals surface area (Å²) in [5.74, 6) is -0.511. The number of urea groups is 1. The molecule has 3 rings (SSSR count). The number of amides is 3. The molecular formula is C21H23FN6O3. The lowest BCUT2D eigenvalue weighted by atomic mass is 10.1. The zero-order valence-electron chi connectivity index (χ0n) is 17.1. The third kappa shape index (κ3) is 5.90. The number of piperazine rings is 1. The standard InChI is InChI=1S/C21H23FN6O3/c1-2-31-21(30)28-10-8-27(9-11-28)14-15-4-3-5-18(19(15)22)26-20(29)25-17-7-6-16(12-23)24-13-17/h3-7,13H,2,8-11,14H2,1H3,(H2,25,26,29). The molecule has 0 unspecified atom stereocenters. The molecule has 0 atom stereocenters. The molecule has 0 spiro atoms. The minimum Gasteiger partial charge on any atom is -0.450 e. The molecule has 1 aliphatic heterocycles. The van der Waals surface area contributed by atoms with E-state index in [1.807, 2.05) is 11.0 Å². The van der Waals surface area contributed by atoms with Gasteiger partial charge in [0, 0.05) is 38.3 Å². The van der Waals surface area contributed by atoms with Crippen LogP contribution in [0.4, 0.5) is 25.4 Å². The first-order valence-electron chi connectivity index (χ1n) is 9.85. The first-order valence-corrected chi connectivity index (χ1v) is 9.85. The van der Waals surface area contributed by atoms with Crippen LogP contribution in [0.5, 0.6) is 0 Å². The van der Waals surface area contributed by atoms with Crippen molar-refractivity contribution in [1.29, 1.82) is 5.26 Å². The number of anilines is 2. The Morgan fingerprint density at radius 3 is 2.61 bits per heavy atom. The average Bonchev–Trinajstić information content (AvgIpc) is 2.77. The second-order valence-electron chi connectivity index (χ2n) is 6.86. The Kier molecular flexibility index (Phi) is 7.35. The van der Waals surface area contributed by atoms with E-state index < -0.39 is 11.8 Å². The van der Waals surface area contributed by atoms with Gasteiger partial charge in [-0.25, -0.2) is 19.0 Å². The minimum atomic E-state index is -0.620. The summed E-state index contributed by atoms with van der Waals surface area (Å²) in [6.45, 7) is 4.68. The quantitative estimate of drug-likeness (QED) is 0.760. The van der Waals surface area contributed by atoms with Gasteiger partial charge in [0.25, 0.3) is 0 Å². The summed E-state index contributed by atoms with van der Waals surface area (Å²) in [6, 6.07) is 9.10. The van der Waals surface area contributed by atoms with Crippen LogP contribution in [-0.4, -0.2) is 59.7 Å². The van der Waals surface area contributed by atoms with Crippen LogP contribution in [0, 0.1) is 17.1 Å². The summed E-state index contributed by atoms with van der Waals surface area (Å²) in [4.78, 5) is 31.5. The summed E-state index contributed by atoms with van der Waals surface area (Å²) >= 11 is 0. The fourth-order valence-corrected chi connectivity index (χ4v) is 3.16. The number of carbonyl (C=O) groups excluding carboxylic acids is 2. The van der Waals surface area contributed by atoms with Crippen molar-refractivity contribution in [3.8, 4) is 6.07 Å². The van der Waals surface area contributed by atoms with Gasteiger partial charge in [0.15, 0.2) is 5.82 Å². The molecule has 31 heavy (non-hydrogen) atoms. The van der Waals surface area contributed by atoms with Crippen LogP contribution >= 0.6 is 0 Å². The summed E-state index contributed by atoms with van der Waals surface area (Å²) in [7, 11) is 0. The molecule has 1 fully saturated rings. The number of nitrogens with zero attached hydrogens (tertiary/aromatic N) is 4. The molecule has 2 N–H and O–H groups in total. The number of carbonyl (C=O) groups is 2. The first kappa shape index (κ1) is 22.0. The van der Waals surface area contributed by atoms with Crippen LogP contribution in [-0.2, 0) is 11.3 Å². The molecule has 0 radical (unpaired) electrons. The number of nitrogens with one attached hydrogen (secondary N) is 2. The van der Waals surface area contributed by atoms with Gasteiger partial charge in [-0.05, 0) is 25.1 Å². The Labute approximate surface area is 179 Å². The molecule has 9 nitrogen and oxygen atoms in total. The fourth-order valence-electron chi connectivity index (χ4n) is 3.16. The highest BCUT2D eigenvalue weighted by atomic mass is 19.1. The minimum absolute atomic E-state index is 0.0572. The van der Waals surface area contributed by atoms with Crippen molar-refractivity contribution < 1.29 is 18.7 Å². The van der Waals surface area contributed by atoms with E-state index in [4.69, 9.17) is 10.00 Å². The molecular weight excluding hydrogens is 403 g/mol. The summed E-state index contributed by atoms with van der Waals surface area (Å²) in [5, 5.41) is 13.8. The molecule has 0 aliphatic carbocycles.